The molecule has 2 N–H and O–H groups in total. The zero-order chi connectivity index (χ0) is 17.8. The van der Waals surface area contributed by atoms with Gasteiger partial charge in [0, 0.05) is 17.7 Å². The van der Waals surface area contributed by atoms with E-state index in [9.17, 15) is 8.78 Å². The van der Waals surface area contributed by atoms with Crippen molar-refractivity contribution in [1.29, 1.82) is 0 Å². The maximum atomic E-state index is 13.9. The Hall–Kier alpha value is -2.90. The molecule has 25 heavy (non-hydrogen) atoms. The van der Waals surface area contributed by atoms with Crippen molar-refractivity contribution in [2.24, 2.45) is 15.9 Å². The Morgan fingerprint density at radius 1 is 1.36 bits per heavy atom. The van der Waals surface area contributed by atoms with Gasteiger partial charge in [-0.2, -0.15) is 10.1 Å². The molecule has 1 aliphatic carbocycles. The fourth-order valence-corrected chi connectivity index (χ4v) is 2.17. The molecule has 8 heteroatoms. The summed E-state index contributed by atoms with van der Waals surface area (Å²) in [6.45, 7) is 1.32. The van der Waals surface area contributed by atoms with Crippen molar-refractivity contribution in [3.05, 3.63) is 47.3 Å². The molecule has 0 amide bonds. The fraction of sp³-hybridized carbons (Fsp3) is 0.294. The number of ether oxygens (including phenoxy) is 1. The second-order valence-electron chi connectivity index (χ2n) is 5.71. The smallest absolute Gasteiger partial charge is 0.316 e. The van der Waals surface area contributed by atoms with Crippen LogP contribution in [0.25, 0.3) is 0 Å². The van der Waals surface area contributed by atoms with Crippen molar-refractivity contribution in [2.75, 3.05) is 6.61 Å². The summed E-state index contributed by atoms with van der Waals surface area (Å²) in [6, 6.07) is 4.48. The number of hydrazone groups is 1. The third-order valence-electron chi connectivity index (χ3n) is 3.82. The molecule has 0 atom stereocenters. The molecule has 130 valence electrons. The van der Waals surface area contributed by atoms with Gasteiger partial charge in [-0.15, -0.1) is 0 Å². The minimum Gasteiger partial charge on any atom is -0.457 e. The highest BCUT2D eigenvalue weighted by atomic mass is 19.1. The van der Waals surface area contributed by atoms with Gasteiger partial charge in [-0.3, -0.25) is 4.99 Å². The quantitative estimate of drug-likeness (QED) is 0.495. The predicted molar refractivity (Wildman–Crippen MR) is 90.4 cm³/mol. The van der Waals surface area contributed by atoms with Crippen molar-refractivity contribution in [3.8, 4) is 6.01 Å². The molecular formula is C17H17F2N5O. The molecule has 0 unspecified atom stereocenters. The van der Waals surface area contributed by atoms with Gasteiger partial charge in [0.25, 0.3) is 0 Å². The summed E-state index contributed by atoms with van der Waals surface area (Å²) in [4.78, 5) is 12.3. The average molecular weight is 345 g/mol. The highest BCUT2D eigenvalue weighted by Gasteiger charge is 2.25. The molecule has 3 rings (SSSR count). The normalized spacial score (nSPS) is 14.9. The average Bonchev–Trinajstić information content (AvgIpc) is 3.47. The van der Waals surface area contributed by atoms with Crippen LogP contribution in [0.15, 0.2) is 34.5 Å². The van der Waals surface area contributed by atoms with Crippen LogP contribution < -0.4 is 10.6 Å². The SMILES string of the molecule is Cc1c(F)ccc(N=CC(COc2nccc(C3CC3)n2)=NN)c1F. The van der Waals surface area contributed by atoms with Crippen LogP contribution in [0, 0.1) is 18.6 Å². The van der Waals surface area contributed by atoms with E-state index in [0.29, 0.717) is 5.92 Å². The topological polar surface area (TPSA) is 85.8 Å². The fourth-order valence-electron chi connectivity index (χ4n) is 2.17. The molecule has 1 aromatic heterocycles. The molecule has 2 aromatic rings. The second-order valence-corrected chi connectivity index (χ2v) is 5.71. The highest BCUT2D eigenvalue weighted by molar-refractivity contribution is 6.31. The Bertz CT molecular complexity index is 834. The number of halogens is 2. The van der Waals surface area contributed by atoms with Crippen LogP contribution in [0.5, 0.6) is 6.01 Å². The number of nitrogens with zero attached hydrogens (tertiary/aromatic N) is 4. The van der Waals surface area contributed by atoms with Crippen LogP contribution in [0.3, 0.4) is 0 Å². The Kier molecular flexibility index (Phi) is 4.97. The van der Waals surface area contributed by atoms with Gasteiger partial charge in [0.1, 0.15) is 18.1 Å². The van der Waals surface area contributed by atoms with Gasteiger partial charge in [-0.05, 0) is 38.0 Å². The monoisotopic (exact) mass is 345 g/mol. The summed E-state index contributed by atoms with van der Waals surface area (Å²) in [5.74, 6) is 4.44. The van der Waals surface area contributed by atoms with Crippen LogP contribution in [-0.4, -0.2) is 28.5 Å². The predicted octanol–water partition coefficient (Wildman–Crippen LogP) is 3.04. The molecule has 1 heterocycles. The lowest BCUT2D eigenvalue weighted by atomic mass is 10.2. The Morgan fingerprint density at radius 3 is 2.88 bits per heavy atom. The zero-order valence-electron chi connectivity index (χ0n) is 13.6. The molecule has 6 nitrogen and oxygen atoms in total. The van der Waals surface area contributed by atoms with E-state index in [0.717, 1.165) is 24.6 Å². The summed E-state index contributed by atoms with van der Waals surface area (Å²) in [7, 11) is 0. The minimum atomic E-state index is -0.728. The molecule has 1 fully saturated rings. The molecule has 1 saturated carbocycles. The van der Waals surface area contributed by atoms with E-state index >= 15 is 0 Å². The maximum absolute atomic E-state index is 13.9. The maximum Gasteiger partial charge on any atom is 0.316 e. The van der Waals surface area contributed by atoms with E-state index in [2.05, 4.69) is 20.1 Å². The number of nitrogens with two attached hydrogens (primary N) is 1. The number of hydrogen-bond donors (Lipinski definition) is 1. The van der Waals surface area contributed by atoms with E-state index < -0.39 is 11.6 Å². The van der Waals surface area contributed by atoms with E-state index in [1.165, 1.54) is 19.2 Å². The molecular weight excluding hydrogens is 328 g/mol. The third kappa shape index (κ3) is 4.14. The number of aromatic nitrogens is 2. The number of rotatable bonds is 6. The van der Waals surface area contributed by atoms with Crippen LogP contribution in [-0.2, 0) is 0 Å². The first-order valence-corrected chi connectivity index (χ1v) is 7.79. The van der Waals surface area contributed by atoms with Gasteiger partial charge in [0.15, 0.2) is 5.82 Å². The standard InChI is InChI=1S/C17H17F2N5O/c1-10-13(18)4-5-15(16(10)19)22-8-12(24-20)9-25-17-21-7-6-14(23-17)11-2-3-11/h4-8,11H,2-3,9,20H2,1H3. The second kappa shape index (κ2) is 7.33. The molecule has 1 aliphatic rings. The van der Waals surface area contributed by atoms with E-state index in [4.69, 9.17) is 10.6 Å². The number of hydrogen-bond acceptors (Lipinski definition) is 6. The summed E-state index contributed by atoms with van der Waals surface area (Å²) in [5, 5.41) is 3.55. The lowest BCUT2D eigenvalue weighted by Gasteiger charge is -2.05. The van der Waals surface area contributed by atoms with E-state index in [1.807, 2.05) is 6.07 Å². The lowest BCUT2D eigenvalue weighted by molar-refractivity contribution is 0.345. The van der Waals surface area contributed by atoms with Crippen molar-refractivity contribution >= 4 is 17.6 Å². The van der Waals surface area contributed by atoms with E-state index in [1.54, 1.807) is 6.20 Å². The van der Waals surface area contributed by atoms with Crippen molar-refractivity contribution in [3.63, 3.8) is 0 Å². The molecule has 0 saturated heterocycles. The summed E-state index contributed by atoms with van der Waals surface area (Å²) in [5.41, 5.74) is 1.12. The van der Waals surface area contributed by atoms with Gasteiger partial charge >= 0.3 is 6.01 Å². The molecule has 0 radical (unpaired) electrons. The Balaban J connectivity index is 1.65. The largest absolute Gasteiger partial charge is 0.457 e. The van der Waals surface area contributed by atoms with Gasteiger partial charge in [-0.1, -0.05) is 0 Å². The minimum absolute atomic E-state index is 0.00738. The van der Waals surface area contributed by atoms with Gasteiger partial charge in [0.05, 0.1) is 17.6 Å². The first kappa shape index (κ1) is 16.9. The van der Waals surface area contributed by atoms with Crippen molar-refractivity contribution < 1.29 is 13.5 Å². The Morgan fingerprint density at radius 2 is 2.16 bits per heavy atom. The highest BCUT2D eigenvalue weighted by Crippen LogP contribution is 2.39. The number of benzene rings is 1. The van der Waals surface area contributed by atoms with Crippen LogP contribution >= 0.6 is 0 Å². The van der Waals surface area contributed by atoms with Crippen molar-refractivity contribution in [2.45, 2.75) is 25.7 Å². The van der Waals surface area contributed by atoms with E-state index in [-0.39, 0.29) is 29.6 Å². The summed E-state index contributed by atoms with van der Waals surface area (Å²) < 4.78 is 32.6. The van der Waals surface area contributed by atoms with Gasteiger partial charge in [0.2, 0.25) is 0 Å². The van der Waals surface area contributed by atoms with Crippen molar-refractivity contribution in [1.82, 2.24) is 9.97 Å². The Labute approximate surface area is 143 Å². The summed E-state index contributed by atoms with van der Waals surface area (Å²) >= 11 is 0. The number of aliphatic imine (C=N–C) groups is 1. The van der Waals surface area contributed by atoms with Crippen LogP contribution in [0.4, 0.5) is 14.5 Å². The molecule has 0 spiro atoms. The lowest BCUT2D eigenvalue weighted by Crippen LogP contribution is -2.16. The third-order valence-corrected chi connectivity index (χ3v) is 3.82. The molecule has 0 aliphatic heterocycles. The zero-order valence-corrected chi connectivity index (χ0v) is 13.6. The first-order chi connectivity index (χ1) is 12.1. The van der Waals surface area contributed by atoms with Gasteiger partial charge < -0.3 is 10.6 Å². The molecule has 1 aromatic carbocycles. The molecule has 0 bridgehead atoms. The first-order valence-electron chi connectivity index (χ1n) is 7.79. The van der Waals surface area contributed by atoms with Gasteiger partial charge in [-0.25, -0.2) is 13.8 Å². The summed E-state index contributed by atoms with van der Waals surface area (Å²) in [6.07, 6.45) is 5.16. The van der Waals surface area contributed by atoms with Crippen LogP contribution in [0.1, 0.15) is 30.0 Å². The van der Waals surface area contributed by atoms with Crippen LogP contribution in [0.2, 0.25) is 0 Å².